The number of nitrogens with zero attached hydrogens (tertiary/aromatic N) is 1. The minimum atomic E-state index is -0.413. The van der Waals surface area contributed by atoms with Gasteiger partial charge in [0, 0.05) is 17.6 Å². The van der Waals surface area contributed by atoms with Crippen LogP contribution in [0.3, 0.4) is 0 Å². The molecule has 0 aliphatic heterocycles. The van der Waals surface area contributed by atoms with Crippen LogP contribution in [0.2, 0.25) is 0 Å². The van der Waals surface area contributed by atoms with Crippen LogP contribution in [-0.2, 0) is 4.74 Å². The first-order valence-corrected chi connectivity index (χ1v) is 8.61. The number of pyridine rings is 1. The van der Waals surface area contributed by atoms with Gasteiger partial charge < -0.3 is 15.4 Å². The molecule has 2 N–H and O–H groups in total. The number of amides is 1. The average molecular weight is 379 g/mol. The highest BCUT2D eigenvalue weighted by atomic mass is 19.1. The van der Waals surface area contributed by atoms with Gasteiger partial charge in [-0.2, -0.15) is 0 Å². The number of hydrogen-bond donors (Lipinski definition) is 2. The highest BCUT2D eigenvalue weighted by Crippen LogP contribution is 2.18. The second kappa shape index (κ2) is 8.77. The maximum Gasteiger partial charge on any atom is 0.338 e. The van der Waals surface area contributed by atoms with Crippen molar-refractivity contribution in [1.82, 2.24) is 4.98 Å². The number of aromatic nitrogens is 1. The number of nitrogens with one attached hydrogen (secondary N) is 2. The summed E-state index contributed by atoms with van der Waals surface area (Å²) in [5.74, 6) is -1.09. The molecule has 6 nitrogen and oxygen atoms in total. The van der Waals surface area contributed by atoms with Crippen LogP contribution >= 0.6 is 0 Å². The van der Waals surface area contributed by atoms with Crippen molar-refractivity contribution in [3.8, 4) is 0 Å². The van der Waals surface area contributed by atoms with Gasteiger partial charge in [0.25, 0.3) is 5.91 Å². The van der Waals surface area contributed by atoms with Crippen LogP contribution in [0.5, 0.6) is 0 Å². The van der Waals surface area contributed by atoms with E-state index in [4.69, 9.17) is 4.74 Å². The Balaban J connectivity index is 1.67. The zero-order valence-electron chi connectivity index (χ0n) is 15.1. The number of carbonyl (C=O) groups excluding carboxylic acids is 2. The van der Waals surface area contributed by atoms with Crippen LogP contribution in [-0.4, -0.2) is 23.5 Å². The van der Waals surface area contributed by atoms with E-state index in [-0.39, 0.29) is 11.7 Å². The summed E-state index contributed by atoms with van der Waals surface area (Å²) in [5, 5.41) is 5.81. The Morgan fingerprint density at radius 1 is 0.929 bits per heavy atom. The van der Waals surface area contributed by atoms with Crippen molar-refractivity contribution < 1.29 is 18.7 Å². The lowest BCUT2D eigenvalue weighted by molar-refractivity contribution is 0.0526. The normalized spacial score (nSPS) is 10.2. The third-order valence-corrected chi connectivity index (χ3v) is 3.79. The first-order chi connectivity index (χ1) is 13.5. The first kappa shape index (κ1) is 19.0. The molecule has 7 heteroatoms. The van der Waals surface area contributed by atoms with E-state index in [1.54, 1.807) is 55.6 Å². The van der Waals surface area contributed by atoms with E-state index in [1.807, 2.05) is 0 Å². The van der Waals surface area contributed by atoms with E-state index in [2.05, 4.69) is 15.6 Å². The van der Waals surface area contributed by atoms with E-state index in [1.165, 1.54) is 18.3 Å². The number of ether oxygens (including phenoxy) is 1. The van der Waals surface area contributed by atoms with Crippen molar-refractivity contribution >= 4 is 28.9 Å². The van der Waals surface area contributed by atoms with E-state index in [9.17, 15) is 14.0 Å². The minimum Gasteiger partial charge on any atom is -0.462 e. The quantitative estimate of drug-likeness (QED) is 0.621. The topological polar surface area (TPSA) is 80.3 Å². The van der Waals surface area contributed by atoms with Crippen LogP contribution in [0.4, 0.5) is 21.5 Å². The van der Waals surface area contributed by atoms with Crippen molar-refractivity contribution in [2.75, 3.05) is 17.2 Å². The Hall–Kier alpha value is -3.74. The molecule has 0 unspecified atom stereocenters. The molecule has 3 aromatic rings. The summed E-state index contributed by atoms with van der Waals surface area (Å²) in [7, 11) is 0. The number of benzene rings is 2. The molecule has 1 heterocycles. The third-order valence-electron chi connectivity index (χ3n) is 3.79. The van der Waals surface area contributed by atoms with Gasteiger partial charge in [0.15, 0.2) is 0 Å². The van der Waals surface area contributed by atoms with Gasteiger partial charge in [0.2, 0.25) is 0 Å². The van der Waals surface area contributed by atoms with E-state index in [0.717, 1.165) is 0 Å². The Labute approximate surface area is 161 Å². The summed E-state index contributed by atoms with van der Waals surface area (Å²) in [6.07, 6.45) is 3.01. The smallest absolute Gasteiger partial charge is 0.338 e. The zero-order chi connectivity index (χ0) is 19.9. The van der Waals surface area contributed by atoms with Crippen LogP contribution < -0.4 is 10.6 Å². The number of halogens is 1. The summed E-state index contributed by atoms with van der Waals surface area (Å²) >= 11 is 0. The van der Waals surface area contributed by atoms with Gasteiger partial charge in [0.1, 0.15) is 5.82 Å². The monoisotopic (exact) mass is 379 g/mol. The lowest BCUT2D eigenvalue weighted by Gasteiger charge is -2.09. The lowest BCUT2D eigenvalue weighted by atomic mass is 10.2. The molecular formula is C21H18FN3O3. The highest BCUT2D eigenvalue weighted by molar-refractivity contribution is 6.04. The first-order valence-electron chi connectivity index (χ1n) is 8.61. The molecule has 0 aliphatic rings. The second-order valence-electron chi connectivity index (χ2n) is 5.85. The lowest BCUT2D eigenvalue weighted by Crippen LogP contribution is -2.13. The third kappa shape index (κ3) is 4.91. The molecule has 2 aromatic carbocycles. The summed E-state index contributed by atoms with van der Waals surface area (Å²) in [6, 6.07) is 13.9. The van der Waals surface area contributed by atoms with Crippen molar-refractivity contribution in [2.24, 2.45) is 0 Å². The molecule has 0 aliphatic carbocycles. The highest BCUT2D eigenvalue weighted by Gasteiger charge is 2.10. The van der Waals surface area contributed by atoms with Gasteiger partial charge in [-0.05, 0) is 61.5 Å². The fourth-order valence-electron chi connectivity index (χ4n) is 2.44. The van der Waals surface area contributed by atoms with E-state index >= 15 is 0 Å². The molecule has 28 heavy (non-hydrogen) atoms. The standard InChI is InChI=1S/C21H18FN3O3/c1-2-28-21(27)14-3-7-18(8-4-14)25-20(26)15-11-19(13-23-12-15)24-17-9-5-16(22)6-10-17/h3-13,24H,2H2,1H3,(H,25,26). The number of rotatable bonds is 6. The largest absolute Gasteiger partial charge is 0.462 e. The average Bonchev–Trinajstić information content (AvgIpc) is 2.71. The summed E-state index contributed by atoms with van der Waals surface area (Å²) in [4.78, 5) is 28.2. The van der Waals surface area contributed by atoms with Gasteiger partial charge >= 0.3 is 5.97 Å². The molecule has 0 saturated carbocycles. The van der Waals surface area contributed by atoms with Crippen molar-refractivity contribution in [3.63, 3.8) is 0 Å². The maximum absolute atomic E-state index is 13.0. The molecule has 142 valence electrons. The summed E-state index contributed by atoms with van der Waals surface area (Å²) in [5.41, 5.74) is 2.57. The molecule has 0 saturated heterocycles. The molecule has 0 atom stereocenters. The van der Waals surface area contributed by atoms with Crippen LogP contribution in [0.25, 0.3) is 0 Å². The van der Waals surface area contributed by atoms with Gasteiger partial charge in [0.05, 0.1) is 29.6 Å². The van der Waals surface area contributed by atoms with Gasteiger partial charge in [-0.15, -0.1) is 0 Å². The van der Waals surface area contributed by atoms with Crippen molar-refractivity contribution in [1.29, 1.82) is 0 Å². The Morgan fingerprint density at radius 2 is 1.61 bits per heavy atom. The minimum absolute atomic E-state index is 0.298. The van der Waals surface area contributed by atoms with E-state index in [0.29, 0.717) is 34.8 Å². The number of anilines is 3. The number of carbonyl (C=O) groups is 2. The molecule has 0 bridgehead atoms. The summed E-state index contributed by atoms with van der Waals surface area (Å²) < 4.78 is 17.9. The summed E-state index contributed by atoms with van der Waals surface area (Å²) in [6.45, 7) is 2.03. The fourth-order valence-corrected chi connectivity index (χ4v) is 2.44. The van der Waals surface area contributed by atoms with Crippen molar-refractivity contribution in [3.05, 3.63) is 83.9 Å². The van der Waals surface area contributed by atoms with E-state index < -0.39 is 5.97 Å². The molecule has 3 rings (SSSR count). The van der Waals surface area contributed by atoms with Gasteiger partial charge in [-0.1, -0.05) is 0 Å². The van der Waals surface area contributed by atoms with Crippen molar-refractivity contribution in [2.45, 2.75) is 6.92 Å². The number of hydrogen-bond acceptors (Lipinski definition) is 5. The maximum atomic E-state index is 13.0. The molecule has 0 fully saturated rings. The van der Waals surface area contributed by atoms with Crippen LogP contribution in [0, 0.1) is 5.82 Å². The molecular weight excluding hydrogens is 361 g/mol. The van der Waals surface area contributed by atoms with Crippen LogP contribution in [0.1, 0.15) is 27.6 Å². The predicted octanol–water partition coefficient (Wildman–Crippen LogP) is 4.39. The molecule has 0 spiro atoms. The SMILES string of the molecule is CCOC(=O)c1ccc(NC(=O)c2cncc(Nc3ccc(F)cc3)c2)cc1. The fraction of sp³-hybridized carbons (Fsp3) is 0.0952. The Morgan fingerprint density at radius 3 is 2.29 bits per heavy atom. The Bertz CT molecular complexity index is 973. The number of esters is 1. The van der Waals surface area contributed by atoms with Gasteiger partial charge in [-0.25, -0.2) is 9.18 Å². The molecule has 0 radical (unpaired) electrons. The Kier molecular flexibility index (Phi) is 5.96. The van der Waals surface area contributed by atoms with Gasteiger partial charge in [-0.3, -0.25) is 9.78 Å². The second-order valence-corrected chi connectivity index (χ2v) is 5.85. The van der Waals surface area contributed by atoms with Crippen LogP contribution in [0.15, 0.2) is 67.0 Å². The zero-order valence-corrected chi connectivity index (χ0v) is 15.1. The predicted molar refractivity (Wildman–Crippen MR) is 104 cm³/mol. The molecule has 1 amide bonds. The molecule has 1 aromatic heterocycles.